The van der Waals surface area contributed by atoms with Gasteiger partial charge in [-0.3, -0.25) is 9.47 Å². The quantitative estimate of drug-likeness (QED) is 0.379. The number of anilines is 1. The maximum absolute atomic E-state index is 6.28. The Kier molecular flexibility index (Phi) is 6.93. The number of nitrogens with zero attached hydrogens (tertiary/aromatic N) is 5. The summed E-state index contributed by atoms with van der Waals surface area (Å²) in [6.07, 6.45) is 9.97. The number of benzene rings is 1. The topological polar surface area (TPSA) is 98.9 Å². The minimum absolute atomic E-state index is 0.338. The molecule has 0 unspecified atom stereocenters. The van der Waals surface area contributed by atoms with Crippen LogP contribution < -0.4 is 11.5 Å². The van der Waals surface area contributed by atoms with Crippen molar-refractivity contribution in [2.45, 2.75) is 39.3 Å². The zero-order valence-electron chi connectivity index (χ0n) is 20.9. The van der Waals surface area contributed by atoms with Crippen LogP contribution in [0.15, 0.2) is 73.0 Å². The van der Waals surface area contributed by atoms with Crippen molar-refractivity contribution in [2.24, 2.45) is 5.73 Å². The van der Waals surface area contributed by atoms with Crippen LogP contribution in [0.5, 0.6) is 0 Å². The van der Waals surface area contributed by atoms with Crippen LogP contribution in [0.2, 0.25) is 0 Å². The molecule has 36 heavy (non-hydrogen) atoms. The molecule has 7 nitrogen and oxygen atoms in total. The highest BCUT2D eigenvalue weighted by Gasteiger charge is 2.19. The summed E-state index contributed by atoms with van der Waals surface area (Å²) in [4.78, 5) is 16.8. The van der Waals surface area contributed by atoms with Crippen molar-refractivity contribution in [1.82, 2.24) is 24.4 Å². The number of aromatic nitrogens is 4. The van der Waals surface area contributed by atoms with Gasteiger partial charge in [0.2, 0.25) is 0 Å². The SMILES string of the molecule is C/C=C\C(=C/C)c1ccc2nc(-c3cccnc3N)n(-c3ccc(CN4CCC(N)CC4)cc3)c2n1. The van der Waals surface area contributed by atoms with Crippen LogP contribution in [-0.4, -0.2) is 43.6 Å². The number of likely N-dealkylation sites (tertiary alicyclic amines) is 1. The molecule has 4 N–H and O–H groups in total. The van der Waals surface area contributed by atoms with E-state index >= 15 is 0 Å². The van der Waals surface area contributed by atoms with Crippen LogP contribution in [0.3, 0.4) is 0 Å². The molecule has 0 atom stereocenters. The normalized spacial score (nSPS) is 15.8. The number of allylic oxidation sites excluding steroid dienone is 4. The van der Waals surface area contributed by atoms with Gasteiger partial charge in [-0.05, 0) is 87.3 Å². The Labute approximate surface area is 212 Å². The van der Waals surface area contributed by atoms with Gasteiger partial charge in [0.05, 0.1) is 11.3 Å². The van der Waals surface area contributed by atoms with Crippen LogP contribution in [0, 0.1) is 0 Å². The Morgan fingerprint density at radius 2 is 1.81 bits per heavy atom. The van der Waals surface area contributed by atoms with Gasteiger partial charge in [0.25, 0.3) is 0 Å². The molecule has 1 saturated heterocycles. The highest BCUT2D eigenvalue weighted by Crippen LogP contribution is 2.31. The summed E-state index contributed by atoms with van der Waals surface area (Å²) in [5.41, 5.74) is 19.0. The van der Waals surface area contributed by atoms with Gasteiger partial charge in [-0.1, -0.05) is 30.4 Å². The lowest BCUT2D eigenvalue weighted by molar-refractivity contribution is 0.205. The van der Waals surface area contributed by atoms with Crippen molar-refractivity contribution < 1.29 is 0 Å². The Bertz CT molecular complexity index is 1410. The molecule has 184 valence electrons. The first-order chi connectivity index (χ1) is 17.6. The van der Waals surface area contributed by atoms with E-state index in [1.54, 1.807) is 6.20 Å². The van der Waals surface area contributed by atoms with Crippen molar-refractivity contribution >= 4 is 22.6 Å². The van der Waals surface area contributed by atoms with Gasteiger partial charge in [0, 0.05) is 24.5 Å². The lowest BCUT2D eigenvalue weighted by Crippen LogP contribution is -2.39. The minimum Gasteiger partial charge on any atom is -0.383 e. The second-order valence-electron chi connectivity index (χ2n) is 9.27. The predicted molar refractivity (Wildman–Crippen MR) is 147 cm³/mol. The van der Waals surface area contributed by atoms with Crippen molar-refractivity contribution in [3.63, 3.8) is 0 Å². The number of fused-ring (bicyclic) bond motifs is 1. The molecule has 0 saturated carbocycles. The van der Waals surface area contributed by atoms with Crippen molar-refractivity contribution in [3.05, 3.63) is 84.2 Å². The molecule has 1 aliphatic heterocycles. The smallest absolute Gasteiger partial charge is 0.165 e. The van der Waals surface area contributed by atoms with Gasteiger partial charge in [-0.15, -0.1) is 0 Å². The summed E-state index contributed by atoms with van der Waals surface area (Å²) in [5, 5.41) is 0. The van der Waals surface area contributed by atoms with Gasteiger partial charge < -0.3 is 11.5 Å². The van der Waals surface area contributed by atoms with E-state index in [2.05, 4.69) is 50.9 Å². The highest BCUT2D eigenvalue weighted by molar-refractivity contribution is 5.85. The molecule has 4 aromatic rings. The van der Waals surface area contributed by atoms with E-state index in [4.69, 9.17) is 21.4 Å². The minimum atomic E-state index is 0.338. The fourth-order valence-electron chi connectivity index (χ4n) is 4.78. The zero-order chi connectivity index (χ0) is 25.1. The summed E-state index contributed by atoms with van der Waals surface area (Å²) in [7, 11) is 0. The molecule has 1 aromatic carbocycles. The summed E-state index contributed by atoms with van der Waals surface area (Å²) in [6, 6.07) is 16.9. The molecule has 0 spiro atoms. The molecule has 1 fully saturated rings. The number of rotatable bonds is 6. The van der Waals surface area contributed by atoms with Gasteiger partial charge >= 0.3 is 0 Å². The fraction of sp³-hybridized carbons (Fsp3) is 0.276. The average Bonchev–Trinajstić information content (AvgIpc) is 3.28. The molecule has 0 bridgehead atoms. The Morgan fingerprint density at radius 3 is 2.50 bits per heavy atom. The van der Waals surface area contributed by atoms with Crippen molar-refractivity contribution in [3.8, 4) is 17.1 Å². The van der Waals surface area contributed by atoms with E-state index in [1.807, 2.05) is 44.2 Å². The second-order valence-corrected chi connectivity index (χ2v) is 9.27. The number of nitrogens with two attached hydrogens (primary N) is 2. The van der Waals surface area contributed by atoms with Crippen LogP contribution in [0.4, 0.5) is 5.82 Å². The Hall–Kier alpha value is -3.81. The summed E-state index contributed by atoms with van der Waals surface area (Å²) in [5.74, 6) is 1.17. The van der Waals surface area contributed by atoms with E-state index in [1.165, 1.54) is 5.56 Å². The van der Waals surface area contributed by atoms with Crippen LogP contribution in [-0.2, 0) is 6.54 Å². The second kappa shape index (κ2) is 10.4. The van der Waals surface area contributed by atoms with E-state index in [0.29, 0.717) is 11.9 Å². The standard InChI is InChI=1S/C29H33N7/c1-3-6-21(4-2)25-12-13-26-29(33-25)36(28(34-26)24-7-5-16-32-27(24)31)23-10-8-20(9-11-23)19-35-17-14-22(30)15-18-35/h3-13,16,22H,14-15,17-19,30H2,1-2H3,(H2,31,32)/b6-3-,21-4+. The largest absolute Gasteiger partial charge is 0.383 e. The van der Waals surface area contributed by atoms with Crippen molar-refractivity contribution in [1.29, 1.82) is 0 Å². The molecule has 4 heterocycles. The molecule has 1 aliphatic rings. The summed E-state index contributed by atoms with van der Waals surface area (Å²) >= 11 is 0. The van der Waals surface area contributed by atoms with E-state index in [0.717, 1.165) is 72.0 Å². The lowest BCUT2D eigenvalue weighted by atomic mass is 10.1. The highest BCUT2D eigenvalue weighted by atomic mass is 15.1. The molecular formula is C29H33N7. The van der Waals surface area contributed by atoms with E-state index in [-0.39, 0.29) is 0 Å². The molecule has 3 aromatic heterocycles. The van der Waals surface area contributed by atoms with Crippen LogP contribution >= 0.6 is 0 Å². The van der Waals surface area contributed by atoms with Gasteiger partial charge in [0.15, 0.2) is 11.5 Å². The summed E-state index contributed by atoms with van der Waals surface area (Å²) in [6.45, 7) is 7.05. The third-order valence-corrected chi connectivity index (χ3v) is 6.77. The first-order valence-electron chi connectivity index (χ1n) is 12.5. The zero-order valence-corrected chi connectivity index (χ0v) is 20.9. The number of hydrogen-bond donors (Lipinski definition) is 2. The summed E-state index contributed by atoms with van der Waals surface area (Å²) < 4.78 is 2.08. The van der Waals surface area contributed by atoms with Gasteiger partial charge in [-0.2, -0.15) is 0 Å². The molecular weight excluding hydrogens is 446 g/mol. The Morgan fingerprint density at radius 1 is 1.03 bits per heavy atom. The number of nitrogen functional groups attached to an aromatic ring is 1. The van der Waals surface area contributed by atoms with Crippen molar-refractivity contribution in [2.75, 3.05) is 18.8 Å². The molecule has 7 heteroatoms. The molecule has 0 aliphatic carbocycles. The fourth-order valence-corrected chi connectivity index (χ4v) is 4.78. The van der Waals surface area contributed by atoms with E-state index < -0.39 is 0 Å². The first-order valence-corrected chi connectivity index (χ1v) is 12.5. The third kappa shape index (κ3) is 4.80. The third-order valence-electron chi connectivity index (χ3n) is 6.77. The monoisotopic (exact) mass is 479 g/mol. The van der Waals surface area contributed by atoms with E-state index in [9.17, 15) is 0 Å². The van der Waals surface area contributed by atoms with Gasteiger partial charge in [0.1, 0.15) is 11.3 Å². The number of imidazole rings is 1. The Balaban J connectivity index is 1.59. The number of hydrogen-bond acceptors (Lipinski definition) is 6. The maximum Gasteiger partial charge on any atom is 0.165 e. The predicted octanol–water partition coefficient (Wildman–Crippen LogP) is 4.97. The number of piperidine rings is 1. The average molecular weight is 480 g/mol. The maximum atomic E-state index is 6.28. The number of pyridine rings is 2. The van der Waals surface area contributed by atoms with Gasteiger partial charge in [-0.25, -0.2) is 15.0 Å². The molecule has 0 radical (unpaired) electrons. The molecule has 0 amide bonds. The van der Waals surface area contributed by atoms with Crippen LogP contribution in [0.1, 0.15) is 37.9 Å². The molecule has 5 rings (SSSR count). The first kappa shape index (κ1) is 23.9. The van der Waals surface area contributed by atoms with Crippen LogP contribution in [0.25, 0.3) is 33.8 Å². The lowest BCUT2D eigenvalue weighted by Gasteiger charge is -2.30.